The highest BCUT2D eigenvalue weighted by Crippen LogP contribution is 2.23. The van der Waals surface area contributed by atoms with Crippen molar-refractivity contribution in [1.29, 1.82) is 0 Å². The number of hydrogen-bond donors (Lipinski definition) is 1. The molecule has 0 bridgehead atoms. The number of H-pyrrole nitrogens is 1. The highest BCUT2D eigenvalue weighted by molar-refractivity contribution is 5.96. The van der Waals surface area contributed by atoms with Gasteiger partial charge in [0.05, 0.1) is 37.4 Å². The molecule has 0 saturated carbocycles. The third-order valence-electron chi connectivity index (χ3n) is 6.74. The van der Waals surface area contributed by atoms with Gasteiger partial charge in [-0.15, -0.1) is 0 Å². The first kappa shape index (κ1) is 26.2. The van der Waals surface area contributed by atoms with E-state index < -0.39 is 11.2 Å². The van der Waals surface area contributed by atoms with Crippen LogP contribution in [-0.4, -0.2) is 83.3 Å². The molecule has 1 aliphatic rings. The van der Waals surface area contributed by atoms with Crippen LogP contribution in [0.15, 0.2) is 53.0 Å². The van der Waals surface area contributed by atoms with Gasteiger partial charge in [-0.2, -0.15) is 0 Å². The molecule has 0 radical (unpaired) electrons. The lowest BCUT2D eigenvalue weighted by Crippen LogP contribution is -2.45. The lowest BCUT2D eigenvalue weighted by molar-refractivity contribution is -0.138. The number of amides is 1. The lowest BCUT2D eigenvalue weighted by atomic mass is 10.0. The zero-order valence-corrected chi connectivity index (χ0v) is 21.4. The molecule has 14 nitrogen and oxygen atoms in total. The summed E-state index contributed by atoms with van der Waals surface area (Å²) in [6.45, 7) is 1.36. The van der Waals surface area contributed by atoms with Gasteiger partial charge >= 0.3 is 5.69 Å². The molecule has 0 spiro atoms. The minimum atomic E-state index is -0.420. The fraction of sp³-hybridized carbons (Fsp3) is 0.400. The van der Waals surface area contributed by atoms with E-state index in [-0.39, 0.29) is 49.8 Å². The Kier molecular flexibility index (Phi) is 7.74. The van der Waals surface area contributed by atoms with E-state index in [9.17, 15) is 19.2 Å². The third-order valence-corrected chi connectivity index (χ3v) is 6.74. The maximum absolute atomic E-state index is 12.8. The number of hydrogen-bond acceptors (Lipinski definition) is 9. The molecule has 1 saturated heterocycles. The van der Waals surface area contributed by atoms with Gasteiger partial charge in [-0.1, -0.05) is 0 Å². The minimum absolute atomic E-state index is 0.0919. The Balaban J connectivity index is 1.06. The van der Waals surface area contributed by atoms with Gasteiger partial charge in [-0.05, 0) is 25.0 Å². The topological polar surface area (TPSA) is 159 Å². The Morgan fingerprint density at radius 1 is 1.10 bits per heavy atom. The second-order valence-electron chi connectivity index (χ2n) is 9.11. The third kappa shape index (κ3) is 5.42. The molecule has 0 aromatic carbocycles. The molecule has 0 aliphatic carbocycles. The van der Waals surface area contributed by atoms with Crippen molar-refractivity contribution in [3.05, 3.63) is 75.5 Å². The first-order chi connectivity index (χ1) is 19.0. The van der Waals surface area contributed by atoms with Crippen LogP contribution in [0, 0.1) is 0 Å². The second-order valence-corrected chi connectivity index (χ2v) is 9.11. The number of imidazole rings is 2. The molecule has 5 heterocycles. The molecule has 0 atom stereocenters. The van der Waals surface area contributed by atoms with Crippen molar-refractivity contribution in [2.24, 2.45) is 7.05 Å². The van der Waals surface area contributed by atoms with Gasteiger partial charge < -0.3 is 19.4 Å². The molecular weight excluding hydrogens is 508 g/mol. The van der Waals surface area contributed by atoms with Gasteiger partial charge in [-0.25, -0.2) is 14.8 Å². The maximum Gasteiger partial charge on any atom is 0.332 e. The summed E-state index contributed by atoms with van der Waals surface area (Å²) in [5, 5.41) is 0. The number of fused-ring (bicyclic) bond motifs is 1. The Morgan fingerprint density at radius 3 is 2.67 bits per heavy atom. The zero-order valence-electron chi connectivity index (χ0n) is 21.4. The minimum Gasteiger partial charge on any atom is -0.373 e. The normalized spacial score (nSPS) is 14.2. The van der Waals surface area contributed by atoms with E-state index >= 15 is 0 Å². The van der Waals surface area contributed by atoms with Crippen LogP contribution in [0.1, 0.15) is 34.9 Å². The average molecular weight is 537 g/mol. The SMILES string of the molecule is Cn1c(=O)c2[nH]cnc2n(C2CCN(C(=O)COCCOCc3ncccc3C(=O)n3ccnc3)CC2)c1=O. The standard InChI is InChI=1S/C25H28N8O6/c1-30-24(36)21-22(29-15-28-21)33(25(30)37)17-4-8-31(9-5-17)20(34)14-39-12-11-38-13-19-18(3-2-6-27-19)23(35)32-10-7-26-16-32/h2-3,6-7,10,15-17H,4-5,8-9,11-14H2,1H3,(H,28,29). The molecule has 1 aliphatic heterocycles. The Labute approximate surface area is 221 Å². The number of nitrogens with one attached hydrogen (secondary N) is 1. The number of nitrogens with zero attached hydrogens (tertiary/aromatic N) is 7. The van der Waals surface area contributed by atoms with E-state index in [2.05, 4.69) is 19.9 Å². The van der Waals surface area contributed by atoms with Crippen LogP contribution in [0.3, 0.4) is 0 Å². The number of likely N-dealkylation sites (tertiary alicyclic amines) is 1. The van der Waals surface area contributed by atoms with Crippen LogP contribution in [0.5, 0.6) is 0 Å². The fourth-order valence-corrected chi connectivity index (χ4v) is 4.64. The molecular formula is C25H28N8O6. The summed E-state index contributed by atoms with van der Waals surface area (Å²) in [6.07, 6.45) is 8.62. The number of ether oxygens (including phenoxy) is 2. The largest absolute Gasteiger partial charge is 0.373 e. The van der Waals surface area contributed by atoms with Crippen molar-refractivity contribution in [2.45, 2.75) is 25.5 Å². The van der Waals surface area contributed by atoms with Crippen LogP contribution in [0.25, 0.3) is 11.2 Å². The molecule has 204 valence electrons. The van der Waals surface area contributed by atoms with Crippen LogP contribution in [-0.2, 0) is 27.9 Å². The molecule has 0 unspecified atom stereocenters. The van der Waals surface area contributed by atoms with E-state index in [1.165, 1.54) is 30.5 Å². The Hall–Kier alpha value is -4.43. The number of piperidine rings is 1. The summed E-state index contributed by atoms with van der Waals surface area (Å²) >= 11 is 0. The monoisotopic (exact) mass is 536 g/mol. The van der Waals surface area contributed by atoms with Crippen molar-refractivity contribution < 1.29 is 19.1 Å². The fourth-order valence-electron chi connectivity index (χ4n) is 4.64. The van der Waals surface area contributed by atoms with Crippen molar-refractivity contribution >= 4 is 23.0 Å². The molecule has 1 fully saturated rings. The summed E-state index contributed by atoms with van der Waals surface area (Å²) in [6, 6.07) is 3.19. The Morgan fingerprint density at radius 2 is 1.90 bits per heavy atom. The summed E-state index contributed by atoms with van der Waals surface area (Å²) in [5.74, 6) is -0.399. The summed E-state index contributed by atoms with van der Waals surface area (Å²) in [4.78, 5) is 67.1. The molecule has 1 amide bonds. The number of pyridine rings is 1. The molecule has 4 aromatic rings. The van der Waals surface area contributed by atoms with Crippen molar-refractivity contribution in [1.82, 2.24) is 38.5 Å². The van der Waals surface area contributed by atoms with Crippen LogP contribution in [0.4, 0.5) is 0 Å². The molecule has 5 rings (SSSR count). The van der Waals surface area contributed by atoms with E-state index in [0.717, 1.165) is 4.57 Å². The molecule has 14 heteroatoms. The number of aromatic amines is 1. The highest BCUT2D eigenvalue weighted by atomic mass is 16.5. The van der Waals surface area contributed by atoms with Gasteiger partial charge in [0.25, 0.3) is 11.5 Å². The number of carbonyl (C=O) groups is 2. The zero-order chi connectivity index (χ0) is 27.4. The first-order valence-electron chi connectivity index (χ1n) is 12.5. The summed E-state index contributed by atoms with van der Waals surface area (Å²) in [5.41, 5.74) is 0.704. The number of aromatic nitrogens is 7. The summed E-state index contributed by atoms with van der Waals surface area (Å²) < 4.78 is 15.1. The van der Waals surface area contributed by atoms with Crippen LogP contribution in [0.2, 0.25) is 0 Å². The number of carbonyl (C=O) groups excluding carboxylic acids is 2. The van der Waals surface area contributed by atoms with Crippen LogP contribution < -0.4 is 11.2 Å². The highest BCUT2D eigenvalue weighted by Gasteiger charge is 2.27. The first-order valence-corrected chi connectivity index (χ1v) is 12.5. The van der Waals surface area contributed by atoms with E-state index in [0.29, 0.717) is 42.8 Å². The molecule has 4 aromatic heterocycles. The predicted molar refractivity (Wildman–Crippen MR) is 137 cm³/mol. The van der Waals surface area contributed by atoms with Crippen molar-refractivity contribution in [3.63, 3.8) is 0 Å². The lowest BCUT2D eigenvalue weighted by Gasteiger charge is -2.33. The molecule has 39 heavy (non-hydrogen) atoms. The second kappa shape index (κ2) is 11.5. The van der Waals surface area contributed by atoms with E-state index in [1.807, 2.05) is 0 Å². The van der Waals surface area contributed by atoms with Gasteiger partial charge in [0.1, 0.15) is 18.5 Å². The van der Waals surface area contributed by atoms with Crippen LogP contribution >= 0.6 is 0 Å². The van der Waals surface area contributed by atoms with Gasteiger partial charge in [-0.3, -0.25) is 33.1 Å². The average Bonchev–Trinajstić information content (AvgIpc) is 3.67. The van der Waals surface area contributed by atoms with E-state index in [1.54, 1.807) is 34.0 Å². The van der Waals surface area contributed by atoms with Gasteiger partial charge in [0.2, 0.25) is 5.91 Å². The number of rotatable bonds is 9. The smallest absolute Gasteiger partial charge is 0.332 e. The molecule has 1 N–H and O–H groups in total. The van der Waals surface area contributed by atoms with E-state index in [4.69, 9.17) is 9.47 Å². The summed E-state index contributed by atoms with van der Waals surface area (Å²) in [7, 11) is 1.44. The quantitative estimate of drug-likeness (QED) is 0.293. The Bertz CT molecular complexity index is 1580. The maximum atomic E-state index is 12.8. The van der Waals surface area contributed by atoms with Gasteiger partial charge in [0, 0.05) is 44.8 Å². The van der Waals surface area contributed by atoms with Crippen molar-refractivity contribution in [3.8, 4) is 0 Å². The van der Waals surface area contributed by atoms with Gasteiger partial charge in [0.15, 0.2) is 5.65 Å². The van der Waals surface area contributed by atoms with Crippen molar-refractivity contribution in [2.75, 3.05) is 32.9 Å². The predicted octanol–water partition coefficient (Wildman–Crippen LogP) is 0.100.